The van der Waals surface area contributed by atoms with Crippen LogP contribution in [0.5, 0.6) is 0 Å². The van der Waals surface area contributed by atoms with Gasteiger partial charge in [-0.15, -0.1) is 0 Å². The Morgan fingerprint density at radius 2 is 1.34 bits per heavy atom. The Hall–Kier alpha value is -4.20. The molecule has 0 saturated heterocycles. The summed E-state index contributed by atoms with van der Waals surface area (Å²) in [7, 11) is 0. The van der Waals surface area contributed by atoms with Gasteiger partial charge in [0.2, 0.25) is 0 Å². The lowest BCUT2D eigenvalue weighted by molar-refractivity contribution is 1.06. The van der Waals surface area contributed by atoms with E-state index in [2.05, 4.69) is 98.8 Å². The molecule has 0 N–H and O–H groups in total. The number of hydrogen-bond acceptors (Lipinski definition) is 4. The number of pyridine rings is 4. The fourth-order valence-corrected chi connectivity index (χ4v) is 5.66. The van der Waals surface area contributed by atoms with E-state index in [1.54, 1.807) is 12.4 Å². The summed E-state index contributed by atoms with van der Waals surface area (Å²) >= 11 is 7.03. The topological polar surface area (TPSA) is 56.5 Å². The van der Waals surface area contributed by atoms with E-state index in [0.717, 1.165) is 43.4 Å². The van der Waals surface area contributed by atoms with Crippen LogP contribution in [0, 0.1) is 6.92 Å². The van der Waals surface area contributed by atoms with Gasteiger partial charge in [-0.2, -0.15) is 0 Å². The zero-order chi connectivity index (χ0) is 28.2. The van der Waals surface area contributed by atoms with Gasteiger partial charge in [-0.3, -0.25) is 14.5 Å². The molecular formula is C34H25Br2N5. The quantitative estimate of drug-likeness (QED) is 0.176. The minimum atomic E-state index is 0.883. The zero-order valence-electron chi connectivity index (χ0n) is 22.2. The van der Waals surface area contributed by atoms with Gasteiger partial charge in [-0.05, 0) is 90.8 Å². The molecule has 0 spiro atoms. The van der Waals surface area contributed by atoms with Gasteiger partial charge in [0, 0.05) is 62.2 Å². The van der Waals surface area contributed by atoms with Gasteiger partial charge in [0.25, 0.3) is 0 Å². The van der Waals surface area contributed by atoms with E-state index in [1.165, 1.54) is 27.8 Å². The molecule has 0 unspecified atom stereocenters. The highest BCUT2D eigenvalue weighted by Crippen LogP contribution is 2.36. The Bertz CT molecular complexity index is 1950. The molecule has 7 aromatic rings. The molecule has 5 nitrogen and oxygen atoms in total. The van der Waals surface area contributed by atoms with Crippen molar-refractivity contribution >= 4 is 53.8 Å². The fraction of sp³-hybridized carbons (Fsp3) is 0.0588. The number of aromatic nitrogens is 5. The summed E-state index contributed by atoms with van der Waals surface area (Å²) in [5.74, 6) is 0.883. The third-order valence-electron chi connectivity index (χ3n) is 6.79. The van der Waals surface area contributed by atoms with Crippen molar-refractivity contribution in [2.24, 2.45) is 0 Å². The molecule has 0 aliphatic heterocycles. The van der Waals surface area contributed by atoms with Crippen LogP contribution in [-0.2, 0) is 6.42 Å². The minimum Gasteiger partial charge on any atom is -0.278 e. The molecule has 0 atom stereocenters. The minimum absolute atomic E-state index is 0.883. The van der Waals surface area contributed by atoms with Crippen LogP contribution in [0.25, 0.3) is 38.9 Å². The van der Waals surface area contributed by atoms with E-state index < -0.39 is 0 Å². The maximum Gasteiger partial charge on any atom is 0.146 e. The van der Waals surface area contributed by atoms with E-state index in [4.69, 9.17) is 0 Å². The first-order valence-electron chi connectivity index (χ1n) is 13.1. The second-order valence-corrected chi connectivity index (χ2v) is 11.3. The Balaban J connectivity index is 0.000000124. The maximum absolute atomic E-state index is 4.53. The molecule has 2 aromatic carbocycles. The summed E-state index contributed by atoms with van der Waals surface area (Å²) in [5, 5.41) is 2.31. The van der Waals surface area contributed by atoms with Crippen molar-refractivity contribution in [2.45, 2.75) is 13.3 Å². The van der Waals surface area contributed by atoms with Crippen LogP contribution in [0.2, 0.25) is 0 Å². The van der Waals surface area contributed by atoms with Crippen molar-refractivity contribution in [3.05, 3.63) is 148 Å². The van der Waals surface area contributed by atoms with E-state index in [9.17, 15) is 0 Å². The van der Waals surface area contributed by atoms with E-state index in [-0.39, 0.29) is 0 Å². The van der Waals surface area contributed by atoms with Crippen LogP contribution in [-0.4, -0.2) is 24.5 Å². The SMILES string of the molecule is Brc1ccc2c(c1)-c1cccnc1C2.Brc1ccc2c(c1)c1cccnc1n2-c1ccccn1.Cc1ccccn1. The first kappa shape index (κ1) is 27.0. The molecule has 8 rings (SSSR count). The summed E-state index contributed by atoms with van der Waals surface area (Å²) in [6, 6.07) is 32.6. The molecular weight excluding hydrogens is 638 g/mol. The highest BCUT2D eigenvalue weighted by Gasteiger charge is 2.18. The van der Waals surface area contributed by atoms with E-state index in [1.807, 2.05) is 73.9 Å². The van der Waals surface area contributed by atoms with Gasteiger partial charge in [0.1, 0.15) is 11.5 Å². The Labute approximate surface area is 255 Å². The van der Waals surface area contributed by atoms with Crippen LogP contribution < -0.4 is 0 Å². The standard InChI is InChI=1S/C16H10BrN3.C12H8BrN.C6H7N/c17-11-6-7-14-13(10-11)12-4-3-9-19-16(12)20(14)15-5-1-2-8-18-15;13-9-4-3-8-6-12-10(11(8)7-9)2-1-5-14-12;1-6-4-2-3-5-7-6/h1-10H;1-5,7H,6H2;2-5H,1H3. The number of halogens is 2. The highest BCUT2D eigenvalue weighted by atomic mass is 79.9. The summed E-state index contributed by atoms with van der Waals surface area (Å²) in [6.07, 6.45) is 8.23. The number of fused-ring (bicyclic) bond motifs is 6. The summed E-state index contributed by atoms with van der Waals surface area (Å²) in [4.78, 5) is 17.4. The fourth-order valence-electron chi connectivity index (χ4n) is 4.94. The highest BCUT2D eigenvalue weighted by molar-refractivity contribution is 9.10. The van der Waals surface area contributed by atoms with Crippen LogP contribution in [0.3, 0.4) is 0 Å². The molecule has 5 aromatic heterocycles. The molecule has 1 aliphatic carbocycles. The molecule has 0 amide bonds. The Morgan fingerprint density at radius 3 is 2.10 bits per heavy atom. The summed E-state index contributed by atoms with van der Waals surface area (Å²) in [5.41, 5.74) is 8.29. The van der Waals surface area contributed by atoms with E-state index >= 15 is 0 Å². The number of nitrogens with zero attached hydrogens (tertiary/aromatic N) is 5. The lowest BCUT2D eigenvalue weighted by Gasteiger charge is -2.04. The van der Waals surface area contributed by atoms with Crippen molar-refractivity contribution < 1.29 is 0 Å². The van der Waals surface area contributed by atoms with E-state index in [0.29, 0.717) is 0 Å². The first-order chi connectivity index (χ1) is 20.1. The largest absolute Gasteiger partial charge is 0.278 e. The molecule has 0 bridgehead atoms. The predicted molar refractivity (Wildman–Crippen MR) is 173 cm³/mol. The van der Waals surface area contributed by atoms with Crippen molar-refractivity contribution in [1.82, 2.24) is 24.5 Å². The van der Waals surface area contributed by atoms with Crippen LogP contribution in [0.4, 0.5) is 0 Å². The Kier molecular flexibility index (Phi) is 7.98. The van der Waals surface area contributed by atoms with Crippen LogP contribution in [0.15, 0.2) is 131 Å². The molecule has 0 saturated carbocycles. The van der Waals surface area contributed by atoms with Gasteiger partial charge in [0.15, 0.2) is 0 Å². The smallest absolute Gasteiger partial charge is 0.146 e. The molecule has 0 fully saturated rings. The summed E-state index contributed by atoms with van der Waals surface area (Å²) < 4.78 is 4.29. The van der Waals surface area contributed by atoms with Gasteiger partial charge in [0.05, 0.1) is 11.2 Å². The molecule has 1 aliphatic rings. The molecule has 0 radical (unpaired) electrons. The molecule has 5 heterocycles. The number of benzene rings is 2. The average Bonchev–Trinajstić information content (AvgIpc) is 3.54. The monoisotopic (exact) mass is 661 g/mol. The van der Waals surface area contributed by atoms with Gasteiger partial charge in [-0.25, -0.2) is 9.97 Å². The van der Waals surface area contributed by atoms with Crippen LogP contribution >= 0.6 is 31.9 Å². The Morgan fingerprint density at radius 1 is 0.610 bits per heavy atom. The van der Waals surface area contributed by atoms with Crippen molar-refractivity contribution in [2.75, 3.05) is 0 Å². The third-order valence-corrected chi connectivity index (χ3v) is 7.78. The number of aryl methyl sites for hydroxylation is 1. The zero-order valence-corrected chi connectivity index (χ0v) is 25.4. The predicted octanol–water partition coefficient (Wildman–Crippen LogP) is 9.14. The average molecular weight is 663 g/mol. The van der Waals surface area contributed by atoms with Crippen molar-refractivity contribution in [1.29, 1.82) is 0 Å². The second-order valence-electron chi connectivity index (χ2n) is 9.51. The molecule has 7 heteroatoms. The van der Waals surface area contributed by atoms with Gasteiger partial charge in [-0.1, -0.05) is 56.1 Å². The van der Waals surface area contributed by atoms with Gasteiger partial charge >= 0.3 is 0 Å². The second kappa shape index (κ2) is 12.1. The summed E-state index contributed by atoms with van der Waals surface area (Å²) in [6.45, 7) is 1.97. The normalized spacial score (nSPS) is 11.2. The number of rotatable bonds is 1. The maximum atomic E-state index is 4.53. The lowest BCUT2D eigenvalue weighted by Crippen LogP contribution is -1.97. The number of hydrogen-bond donors (Lipinski definition) is 0. The van der Waals surface area contributed by atoms with Crippen molar-refractivity contribution in [3.8, 4) is 16.9 Å². The van der Waals surface area contributed by atoms with Gasteiger partial charge < -0.3 is 0 Å². The first-order valence-corrected chi connectivity index (χ1v) is 14.7. The molecule has 41 heavy (non-hydrogen) atoms. The lowest BCUT2D eigenvalue weighted by atomic mass is 10.1. The van der Waals surface area contributed by atoms with Crippen molar-refractivity contribution in [3.63, 3.8) is 0 Å². The molecule has 200 valence electrons. The van der Waals surface area contributed by atoms with Crippen LogP contribution in [0.1, 0.15) is 17.0 Å². The third kappa shape index (κ3) is 5.82.